The number of benzene rings is 2. The van der Waals surface area contributed by atoms with Crippen LogP contribution in [-0.2, 0) is 11.3 Å². The van der Waals surface area contributed by atoms with Crippen molar-refractivity contribution in [2.75, 3.05) is 19.7 Å². The number of hydrogen-bond acceptors (Lipinski definition) is 4. The minimum atomic E-state index is -0.501. The molecule has 1 aromatic heterocycles. The molecular formula is C24H27Cl2N3O3. The summed E-state index contributed by atoms with van der Waals surface area (Å²) in [5, 5.41) is 1.20. The maximum atomic E-state index is 12.3. The molecule has 32 heavy (non-hydrogen) atoms. The molecule has 0 radical (unpaired) electrons. The van der Waals surface area contributed by atoms with Gasteiger partial charge in [-0.25, -0.2) is 4.79 Å². The van der Waals surface area contributed by atoms with Crippen molar-refractivity contribution in [3.05, 3.63) is 58.1 Å². The van der Waals surface area contributed by atoms with Crippen molar-refractivity contribution in [2.45, 2.75) is 39.3 Å². The van der Waals surface area contributed by atoms with Crippen LogP contribution in [0.25, 0.3) is 11.0 Å². The van der Waals surface area contributed by atoms with E-state index < -0.39 is 5.60 Å². The van der Waals surface area contributed by atoms with E-state index in [9.17, 15) is 4.79 Å². The van der Waals surface area contributed by atoms with E-state index in [-0.39, 0.29) is 12.0 Å². The number of aromatic nitrogens is 2. The Morgan fingerprint density at radius 3 is 2.72 bits per heavy atom. The Morgan fingerprint density at radius 1 is 1.19 bits per heavy atom. The first kappa shape index (κ1) is 22.7. The van der Waals surface area contributed by atoms with Gasteiger partial charge < -0.3 is 14.4 Å². The largest absolute Gasteiger partial charge is 0.464 e. The average molecular weight is 476 g/mol. The summed E-state index contributed by atoms with van der Waals surface area (Å²) in [5.41, 5.74) is 2.25. The molecule has 3 aromatic rings. The van der Waals surface area contributed by atoms with Crippen molar-refractivity contribution in [1.29, 1.82) is 0 Å². The first-order chi connectivity index (χ1) is 15.2. The van der Waals surface area contributed by atoms with Crippen molar-refractivity contribution in [2.24, 2.45) is 5.92 Å². The minimum Gasteiger partial charge on any atom is -0.464 e. The molecule has 2 aromatic carbocycles. The topological polar surface area (TPSA) is 56.6 Å². The molecule has 1 aliphatic rings. The van der Waals surface area contributed by atoms with Gasteiger partial charge in [-0.15, -0.1) is 0 Å². The molecule has 1 fully saturated rings. The first-order valence-electron chi connectivity index (χ1n) is 10.7. The summed E-state index contributed by atoms with van der Waals surface area (Å²) in [4.78, 5) is 18.8. The Balaban J connectivity index is 1.48. The first-order valence-corrected chi connectivity index (χ1v) is 11.4. The molecule has 0 saturated carbocycles. The maximum absolute atomic E-state index is 12.3. The van der Waals surface area contributed by atoms with E-state index in [0.29, 0.717) is 42.3 Å². The van der Waals surface area contributed by atoms with Gasteiger partial charge in [-0.1, -0.05) is 41.4 Å². The highest BCUT2D eigenvalue weighted by molar-refractivity contribution is 6.35. The smallest absolute Gasteiger partial charge is 0.410 e. The fourth-order valence-corrected chi connectivity index (χ4v) is 4.26. The summed E-state index contributed by atoms with van der Waals surface area (Å²) >= 11 is 12.5. The second kappa shape index (κ2) is 9.20. The molecule has 1 unspecified atom stereocenters. The van der Waals surface area contributed by atoms with Gasteiger partial charge in [-0.05, 0) is 57.0 Å². The Labute approximate surface area is 198 Å². The van der Waals surface area contributed by atoms with Gasteiger partial charge in [0.2, 0.25) is 0 Å². The molecule has 0 bridgehead atoms. The summed E-state index contributed by atoms with van der Waals surface area (Å²) in [6.07, 6.45) is 0.590. The highest BCUT2D eigenvalue weighted by Gasteiger charge is 2.30. The van der Waals surface area contributed by atoms with Gasteiger partial charge in [0.1, 0.15) is 5.60 Å². The molecular weight excluding hydrogens is 449 g/mol. The third-order valence-electron chi connectivity index (χ3n) is 5.35. The maximum Gasteiger partial charge on any atom is 0.410 e. The zero-order valence-corrected chi connectivity index (χ0v) is 20.0. The lowest BCUT2D eigenvalue weighted by Crippen LogP contribution is -2.35. The number of amides is 1. The average Bonchev–Trinajstić information content (AvgIpc) is 3.32. The number of fused-ring (bicyclic) bond motifs is 1. The van der Waals surface area contributed by atoms with E-state index in [2.05, 4.69) is 4.98 Å². The summed E-state index contributed by atoms with van der Waals surface area (Å²) in [7, 11) is 0. The third-order valence-corrected chi connectivity index (χ3v) is 5.94. The molecule has 1 atom stereocenters. The third kappa shape index (κ3) is 5.30. The summed E-state index contributed by atoms with van der Waals surface area (Å²) in [5.74, 6) is 0.218. The fourth-order valence-electron chi connectivity index (χ4n) is 3.79. The number of hydrogen-bond donors (Lipinski definition) is 0. The van der Waals surface area contributed by atoms with Crippen LogP contribution in [-0.4, -0.2) is 45.8 Å². The lowest BCUT2D eigenvalue weighted by molar-refractivity contribution is 0.0284. The molecule has 0 N–H and O–H groups in total. The van der Waals surface area contributed by atoms with Crippen molar-refractivity contribution < 1.29 is 14.3 Å². The number of para-hydroxylation sites is 2. The number of ether oxygens (including phenoxy) is 2. The quantitative estimate of drug-likeness (QED) is 0.452. The number of nitrogens with zero attached hydrogens (tertiary/aromatic N) is 3. The second-order valence-corrected chi connectivity index (χ2v) is 9.94. The monoisotopic (exact) mass is 475 g/mol. The zero-order chi connectivity index (χ0) is 22.9. The van der Waals surface area contributed by atoms with Gasteiger partial charge in [-0.2, -0.15) is 4.98 Å². The van der Waals surface area contributed by atoms with Crippen LogP contribution in [0.2, 0.25) is 10.0 Å². The van der Waals surface area contributed by atoms with E-state index in [1.165, 1.54) is 0 Å². The zero-order valence-electron chi connectivity index (χ0n) is 18.5. The molecule has 6 nitrogen and oxygen atoms in total. The predicted octanol–water partition coefficient (Wildman–Crippen LogP) is 6.03. The molecule has 1 aliphatic heterocycles. The van der Waals surface area contributed by atoms with Crippen LogP contribution in [0, 0.1) is 5.92 Å². The molecule has 170 valence electrons. The van der Waals surface area contributed by atoms with Crippen LogP contribution in [0.4, 0.5) is 4.79 Å². The number of carbonyl (C=O) groups is 1. The molecule has 2 heterocycles. The lowest BCUT2D eigenvalue weighted by Gasteiger charge is -2.24. The van der Waals surface area contributed by atoms with Crippen molar-refractivity contribution in [3.63, 3.8) is 0 Å². The van der Waals surface area contributed by atoms with Crippen molar-refractivity contribution in [1.82, 2.24) is 14.5 Å². The van der Waals surface area contributed by atoms with Gasteiger partial charge in [0.25, 0.3) is 6.01 Å². The molecule has 1 amide bonds. The summed E-state index contributed by atoms with van der Waals surface area (Å²) in [6, 6.07) is 13.9. The van der Waals surface area contributed by atoms with E-state index in [1.54, 1.807) is 11.0 Å². The minimum absolute atomic E-state index is 0.218. The van der Waals surface area contributed by atoms with E-state index in [1.807, 2.05) is 61.7 Å². The van der Waals surface area contributed by atoms with Crippen molar-refractivity contribution in [3.8, 4) is 6.01 Å². The molecule has 1 saturated heterocycles. The standard InChI is InChI=1S/C24H27Cl2N3O3/c1-24(2,3)32-23(30)28-11-10-16(13-28)15-31-22-27-20-6-4-5-7-21(20)29(22)14-17-8-9-18(25)12-19(17)26/h4-9,12,16H,10-11,13-15H2,1-3H3. The number of rotatable bonds is 5. The fraction of sp³-hybridized carbons (Fsp3) is 0.417. The van der Waals surface area contributed by atoms with E-state index in [0.717, 1.165) is 23.0 Å². The van der Waals surface area contributed by atoms with E-state index >= 15 is 0 Å². The number of halogens is 2. The SMILES string of the molecule is CC(C)(C)OC(=O)N1CCC(COc2nc3ccccc3n2Cc2ccc(Cl)cc2Cl)C1. The van der Waals surface area contributed by atoms with Crippen LogP contribution in [0.1, 0.15) is 32.8 Å². The highest BCUT2D eigenvalue weighted by Crippen LogP contribution is 2.28. The Bertz CT molecular complexity index is 1120. The summed E-state index contributed by atoms with van der Waals surface area (Å²) < 4.78 is 13.7. The Morgan fingerprint density at radius 2 is 1.97 bits per heavy atom. The Hall–Kier alpha value is -2.44. The summed E-state index contributed by atoms with van der Waals surface area (Å²) in [6.45, 7) is 7.88. The lowest BCUT2D eigenvalue weighted by atomic mass is 10.1. The number of carbonyl (C=O) groups excluding carboxylic acids is 1. The normalized spacial score (nSPS) is 16.5. The Kier molecular flexibility index (Phi) is 6.54. The van der Waals surface area contributed by atoms with Crippen LogP contribution in [0.15, 0.2) is 42.5 Å². The number of imidazole rings is 1. The van der Waals surface area contributed by atoms with Crippen LogP contribution in [0.5, 0.6) is 6.01 Å². The highest BCUT2D eigenvalue weighted by atomic mass is 35.5. The molecule has 0 spiro atoms. The van der Waals surface area contributed by atoms with Crippen molar-refractivity contribution >= 4 is 40.3 Å². The second-order valence-electron chi connectivity index (χ2n) is 9.10. The molecule has 4 rings (SSSR count). The van der Waals surface area contributed by atoms with Gasteiger partial charge in [0, 0.05) is 29.1 Å². The number of likely N-dealkylation sites (tertiary alicyclic amines) is 1. The predicted molar refractivity (Wildman–Crippen MR) is 127 cm³/mol. The van der Waals surface area contributed by atoms with Gasteiger partial charge in [-0.3, -0.25) is 4.57 Å². The van der Waals surface area contributed by atoms with Crippen LogP contribution in [0.3, 0.4) is 0 Å². The van der Waals surface area contributed by atoms with Crippen LogP contribution >= 0.6 is 23.2 Å². The van der Waals surface area contributed by atoms with Crippen LogP contribution < -0.4 is 4.74 Å². The van der Waals surface area contributed by atoms with Gasteiger partial charge >= 0.3 is 6.09 Å². The molecule has 8 heteroatoms. The van der Waals surface area contributed by atoms with E-state index in [4.69, 9.17) is 32.7 Å². The molecule has 0 aliphatic carbocycles. The van der Waals surface area contributed by atoms with Gasteiger partial charge in [0.15, 0.2) is 0 Å². The van der Waals surface area contributed by atoms with Gasteiger partial charge in [0.05, 0.1) is 24.2 Å².